The van der Waals surface area contributed by atoms with Crippen molar-refractivity contribution in [3.63, 3.8) is 0 Å². The maximum atomic E-state index is 12.5. The number of pyridine rings is 1. The molecule has 1 aromatic rings. The third-order valence-corrected chi connectivity index (χ3v) is 4.60. The van der Waals surface area contributed by atoms with Crippen LogP contribution in [-0.2, 0) is 4.79 Å². The summed E-state index contributed by atoms with van der Waals surface area (Å²) in [5.74, 6) is 1.01. The monoisotopic (exact) mass is 258 g/mol. The van der Waals surface area contributed by atoms with Gasteiger partial charge in [0, 0.05) is 25.4 Å². The lowest BCUT2D eigenvalue weighted by Crippen LogP contribution is -2.31. The van der Waals surface area contributed by atoms with Crippen molar-refractivity contribution in [1.82, 2.24) is 9.88 Å². The molecule has 3 nitrogen and oxygen atoms in total. The fourth-order valence-electron chi connectivity index (χ4n) is 3.58. The number of hydrogen-bond donors (Lipinski definition) is 0. The first-order valence-electron chi connectivity index (χ1n) is 7.54. The van der Waals surface area contributed by atoms with Gasteiger partial charge < -0.3 is 4.90 Å². The van der Waals surface area contributed by atoms with Gasteiger partial charge in [0.05, 0.1) is 6.04 Å². The molecule has 1 unspecified atom stereocenters. The van der Waals surface area contributed by atoms with Gasteiger partial charge in [-0.15, -0.1) is 0 Å². The van der Waals surface area contributed by atoms with Crippen LogP contribution in [0.25, 0.3) is 0 Å². The molecule has 1 aromatic heterocycles. The van der Waals surface area contributed by atoms with E-state index in [1.54, 1.807) is 0 Å². The molecule has 0 radical (unpaired) electrons. The highest BCUT2D eigenvalue weighted by molar-refractivity contribution is 5.77. The summed E-state index contributed by atoms with van der Waals surface area (Å²) in [6.45, 7) is 0.929. The topological polar surface area (TPSA) is 33.2 Å². The Morgan fingerprint density at radius 3 is 2.63 bits per heavy atom. The molecule has 3 heteroatoms. The fourth-order valence-corrected chi connectivity index (χ4v) is 3.58. The Labute approximate surface area is 115 Å². The Balaban J connectivity index is 1.67. The van der Waals surface area contributed by atoms with Crippen LogP contribution in [0.5, 0.6) is 0 Å². The molecule has 2 fully saturated rings. The highest BCUT2D eigenvalue weighted by Gasteiger charge is 2.31. The average Bonchev–Trinajstić information content (AvgIpc) is 3.10. The number of carbonyl (C=O) groups excluding carboxylic acids is 1. The summed E-state index contributed by atoms with van der Waals surface area (Å²) in [6, 6.07) is 4.38. The van der Waals surface area contributed by atoms with Gasteiger partial charge in [-0.3, -0.25) is 9.78 Å². The highest BCUT2D eigenvalue weighted by atomic mass is 16.2. The smallest absolute Gasteiger partial charge is 0.223 e. The van der Waals surface area contributed by atoms with Crippen molar-refractivity contribution in [1.29, 1.82) is 0 Å². The molecule has 2 aliphatic rings. The minimum atomic E-state index is 0.289. The average molecular weight is 258 g/mol. The van der Waals surface area contributed by atoms with Gasteiger partial charge in [0.25, 0.3) is 0 Å². The van der Waals surface area contributed by atoms with Crippen LogP contribution >= 0.6 is 0 Å². The number of aromatic nitrogens is 1. The van der Waals surface area contributed by atoms with E-state index < -0.39 is 0 Å². The lowest BCUT2D eigenvalue weighted by molar-refractivity contribution is -0.133. The maximum absolute atomic E-state index is 12.5. The molecule has 0 N–H and O–H groups in total. The maximum Gasteiger partial charge on any atom is 0.223 e. The van der Waals surface area contributed by atoms with Crippen LogP contribution in [0.2, 0.25) is 0 Å². The summed E-state index contributed by atoms with van der Waals surface area (Å²) in [5.41, 5.74) is 1.24. The number of likely N-dealkylation sites (tertiary alicyclic amines) is 1. The highest BCUT2D eigenvalue weighted by Crippen LogP contribution is 2.34. The van der Waals surface area contributed by atoms with Crippen molar-refractivity contribution in [3.05, 3.63) is 30.1 Å². The van der Waals surface area contributed by atoms with Crippen LogP contribution in [0.3, 0.4) is 0 Å². The molecular formula is C16H22N2O. The van der Waals surface area contributed by atoms with Crippen LogP contribution in [0, 0.1) is 5.92 Å². The predicted octanol–water partition coefficient (Wildman–Crippen LogP) is 3.33. The molecule has 0 aromatic carbocycles. The standard InChI is InChI=1S/C16H22N2O/c19-16(12-13-4-1-2-5-13)18-11-3-6-15(18)14-7-9-17-10-8-14/h7-10,13,15H,1-6,11-12H2. The molecule has 2 heterocycles. The third-order valence-electron chi connectivity index (χ3n) is 4.60. The number of nitrogens with zero attached hydrogens (tertiary/aromatic N) is 2. The molecule has 0 bridgehead atoms. The second-order valence-electron chi connectivity index (χ2n) is 5.88. The second-order valence-corrected chi connectivity index (χ2v) is 5.88. The van der Waals surface area contributed by atoms with Crippen LogP contribution in [0.4, 0.5) is 0 Å². The van der Waals surface area contributed by atoms with Crippen LogP contribution in [-0.4, -0.2) is 22.3 Å². The van der Waals surface area contributed by atoms with E-state index >= 15 is 0 Å². The Kier molecular flexibility index (Phi) is 3.81. The zero-order valence-corrected chi connectivity index (χ0v) is 11.4. The van der Waals surface area contributed by atoms with Crippen molar-refractivity contribution < 1.29 is 4.79 Å². The Morgan fingerprint density at radius 1 is 1.16 bits per heavy atom. The number of hydrogen-bond acceptors (Lipinski definition) is 2. The third kappa shape index (κ3) is 2.80. The minimum Gasteiger partial charge on any atom is -0.336 e. The molecule has 102 valence electrons. The Bertz CT molecular complexity index is 426. The van der Waals surface area contributed by atoms with E-state index in [1.807, 2.05) is 24.5 Å². The van der Waals surface area contributed by atoms with Gasteiger partial charge in [-0.2, -0.15) is 0 Å². The first-order chi connectivity index (χ1) is 9.34. The molecule has 19 heavy (non-hydrogen) atoms. The van der Waals surface area contributed by atoms with Crippen LogP contribution in [0.15, 0.2) is 24.5 Å². The van der Waals surface area contributed by atoms with Gasteiger partial charge in [0.1, 0.15) is 0 Å². The Morgan fingerprint density at radius 2 is 1.89 bits per heavy atom. The quantitative estimate of drug-likeness (QED) is 0.833. The van der Waals surface area contributed by atoms with Crippen molar-refractivity contribution in [3.8, 4) is 0 Å². The van der Waals surface area contributed by atoms with Crippen LogP contribution < -0.4 is 0 Å². The minimum absolute atomic E-state index is 0.289. The lowest BCUT2D eigenvalue weighted by atomic mass is 10.0. The summed E-state index contributed by atoms with van der Waals surface area (Å²) in [5, 5.41) is 0. The summed E-state index contributed by atoms with van der Waals surface area (Å²) < 4.78 is 0. The molecule has 1 saturated heterocycles. The van der Waals surface area contributed by atoms with Gasteiger partial charge in [-0.1, -0.05) is 12.8 Å². The van der Waals surface area contributed by atoms with E-state index in [0.29, 0.717) is 11.8 Å². The molecule has 0 spiro atoms. The zero-order valence-electron chi connectivity index (χ0n) is 11.4. The van der Waals surface area contributed by atoms with Gasteiger partial charge in [-0.05, 0) is 49.3 Å². The summed E-state index contributed by atoms with van der Waals surface area (Å²) in [4.78, 5) is 18.7. The normalized spacial score (nSPS) is 24.0. The molecule has 3 rings (SSSR count). The van der Waals surface area contributed by atoms with Crippen molar-refractivity contribution >= 4 is 5.91 Å². The van der Waals surface area contributed by atoms with Crippen LogP contribution in [0.1, 0.15) is 56.6 Å². The van der Waals surface area contributed by atoms with E-state index in [-0.39, 0.29) is 6.04 Å². The number of amides is 1. The fraction of sp³-hybridized carbons (Fsp3) is 0.625. The molecule has 1 aliphatic carbocycles. The van der Waals surface area contributed by atoms with Crippen molar-refractivity contribution in [2.24, 2.45) is 5.92 Å². The van der Waals surface area contributed by atoms with Gasteiger partial charge >= 0.3 is 0 Å². The summed E-state index contributed by atoms with van der Waals surface area (Å²) in [6.07, 6.45) is 11.8. The summed E-state index contributed by atoms with van der Waals surface area (Å²) >= 11 is 0. The Hall–Kier alpha value is -1.38. The SMILES string of the molecule is O=C(CC1CCCC1)N1CCCC1c1ccncc1. The zero-order chi connectivity index (χ0) is 13.1. The van der Waals surface area contributed by atoms with E-state index in [0.717, 1.165) is 25.8 Å². The van der Waals surface area contributed by atoms with E-state index in [1.165, 1.54) is 31.2 Å². The van der Waals surface area contributed by atoms with Gasteiger partial charge in [0.2, 0.25) is 5.91 Å². The second kappa shape index (κ2) is 5.72. The van der Waals surface area contributed by atoms with Crippen molar-refractivity contribution in [2.45, 2.75) is 51.0 Å². The predicted molar refractivity (Wildman–Crippen MR) is 74.5 cm³/mol. The molecule has 1 atom stereocenters. The first kappa shape index (κ1) is 12.6. The van der Waals surface area contributed by atoms with E-state index in [9.17, 15) is 4.79 Å². The molecule has 1 amide bonds. The first-order valence-corrected chi connectivity index (χ1v) is 7.54. The number of carbonyl (C=O) groups is 1. The molecule has 1 saturated carbocycles. The summed E-state index contributed by atoms with van der Waals surface area (Å²) in [7, 11) is 0. The van der Waals surface area contributed by atoms with E-state index in [2.05, 4.69) is 9.88 Å². The molecule has 1 aliphatic heterocycles. The van der Waals surface area contributed by atoms with Gasteiger partial charge in [0.15, 0.2) is 0 Å². The van der Waals surface area contributed by atoms with Gasteiger partial charge in [-0.25, -0.2) is 0 Å². The lowest BCUT2D eigenvalue weighted by Gasteiger charge is -2.26. The molecular weight excluding hydrogens is 236 g/mol. The van der Waals surface area contributed by atoms with Crippen molar-refractivity contribution in [2.75, 3.05) is 6.54 Å². The van der Waals surface area contributed by atoms with E-state index in [4.69, 9.17) is 0 Å². The number of rotatable bonds is 3. The largest absolute Gasteiger partial charge is 0.336 e.